The van der Waals surface area contributed by atoms with E-state index in [9.17, 15) is 13.2 Å². The first-order chi connectivity index (χ1) is 14.5. The molecule has 1 aromatic heterocycles. The highest BCUT2D eigenvalue weighted by atomic mass is 32.2. The third kappa shape index (κ3) is 4.35. The van der Waals surface area contributed by atoms with Crippen molar-refractivity contribution in [2.24, 2.45) is 5.10 Å². The number of thioether (sulfide) groups is 1. The molecule has 156 valence electrons. The molecule has 0 atom stereocenters. The molecule has 30 heavy (non-hydrogen) atoms. The molecule has 0 N–H and O–H groups in total. The van der Waals surface area contributed by atoms with Gasteiger partial charge in [-0.05, 0) is 48.4 Å². The first kappa shape index (κ1) is 20.5. The monoisotopic (exact) mass is 432 g/mol. The number of unbranched alkanes of at least 4 members (excludes halogenated alkanes) is 1. The van der Waals surface area contributed by atoms with Crippen molar-refractivity contribution in [3.63, 3.8) is 0 Å². The minimum Gasteiger partial charge on any atom is -0.494 e. The van der Waals surface area contributed by atoms with E-state index in [0.717, 1.165) is 36.3 Å². The van der Waals surface area contributed by atoms with Gasteiger partial charge < -0.3 is 4.74 Å². The summed E-state index contributed by atoms with van der Waals surface area (Å²) in [5, 5.41) is 13.5. The van der Waals surface area contributed by atoms with Crippen LogP contribution in [0, 0.1) is 0 Å². The van der Waals surface area contributed by atoms with E-state index in [4.69, 9.17) is 4.74 Å². The number of hydrogen-bond acceptors (Lipinski definition) is 5. The van der Waals surface area contributed by atoms with Crippen LogP contribution in [0.15, 0.2) is 58.8 Å². The maximum atomic E-state index is 13.1. The Labute approximate surface area is 176 Å². The second-order valence-electron chi connectivity index (χ2n) is 6.76. The Bertz CT molecular complexity index is 1060. The smallest absolute Gasteiger partial charge is 0.416 e. The van der Waals surface area contributed by atoms with Gasteiger partial charge in [-0.15, -0.1) is 10.2 Å². The van der Waals surface area contributed by atoms with Gasteiger partial charge in [0.05, 0.1) is 17.9 Å². The van der Waals surface area contributed by atoms with Gasteiger partial charge in [0.15, 0.2) is 5.82 Å². The van der Waals surface area contributed by atoms with Gasteiger partial charge >= 0.3 is 6.18 Å². The van der Waals surface area contributed by atoms with Crippen molar-refractivity contribution in [1.29, 1.82) is 0 Å². The first-order valence-corrected chi connectivity index (χ1v) is 10.5. The van der Waals surface area contributed by atoms with Crippen LogP contribution in [-0.2, 0) is 6.18 Å². The number of ether oxygens (including phenoxy) is 1. The van der Waals surface area contributed by atoms with Crippen molar-refractivity contribution in [1.82, 2.24) is 14.9 Å². The summed E-state index contributed by atoms with van der Waals surface area (Å²) in [6, 6.07) is 12.7. The highest BCUT2D eigenvalue weighted by Gasteiger charge is 2.31. The van der Waals surface area contributed by atoms with Crippen LogP contribution in [0.5, 0.6) is 5.75 Å². The molecule has 9 heteroatoms. The van der Waals surface area contributed by atoms with Crippen molar-refractivity contribution in [2.75, 3.05) is 12.4 Å². The molecule has 3 aromatic rings. The molecule has 4 rings (SSSR count). The summed E-state index contributed by atoms with van der Waals surface area (Å²) in [7, 11) is 0. The molecule has 0 saturated carbocycles. The van der Waals surface area contributed by atoms with Crippen molar-refractivity contribution in [3.05, 3.63) is 59.7 Å². The predicted molar refractivity (Wildman–Crippen MR) is 110 cm³/mol. The lowest BCUT2D eigenvalue weighted by Crippen LogP contribution is -2.15. The van der Waals surface area contributed by atoms with Gasteiger partial charge in [-0.3, -0.25) is 0 Å². The molecule has 0 radical (unpaired) electrons. The number of fused-ring (bicyclic) bond motifs is 1. The van der Waals surface area contributed by atoms with E-state index in [0.29, 0.717) is 34.6 Å². The van der Waals surface area contributed by atoms with E-state index in [2.05, 4.69) is 22.2 Å². The van der Waals surface area contributed by atoms with Gasteiger partial charge in [0.1, 0.15) is 5.75 Å². The maximum absolute atomic E-state index is 13.1. The average Bonchev–Trinajstić information content (AvgIpc) is 3.17. The number of alkyl halides is 3. The fourth-order valence-corrected chi connectivity index (χ4v) is 3.80. The minimum atomic E-state index is -4.40. The van der Waals surface area contributed by atoms with E-state index in [1.54, 1.807) is 10.7 Å². The van der Waals surface area contributed by atoms with Gasteiger partial charge in [0, 0.05) is 11.3 Å². The Kier molecular flexibility index (Phi) is 5.80. The molecule has 1 aliphatic heterocycles. The second-order valence-corrected chi connectivity index (χ2v) is 7.70. The number of rotatable bonds is 6. The summed E-state index contributed by atoms with van der Waals surface area (Å²) < 4.78 is 46.4. The summed E-state index contributed by atoms with van der Waals surface area (Å²) in [5.74, 6) is 1.72. The van der Waals surface area contributed by atoms with E-state index in [1.165, 1.54) is 17.8 Å². The maximum Gasteiger partial charge on any atom is 0.416 e. The highest BCUT2D eigenvalue weighted by Crippen LogP contribution is 2.32. The van der Waals surface area contributed by atoms with Crippen molar-refractivity contribution < 1.29 is 17.9 Å². The fraction of sp³-hybridized carbons (Fsp3) is 0.286. The van der Waals surface area contributed by atoms with Gasteiger partial charge in [0.2, 0.25) is 5.16 Å². The van der Waals surface area contributed by atoms with Gasteiger partial charge in [0.25, 0.3) is 0 Å². The Balaban J connectivity index is 1.62. The zero-order valence-electron chi connectivity index (χ0n) is 16.2. The predicted octanol–water partition coefficient (Wildman–Crippen LogP) is 5.50. The van der Waals surface area contributed by atoms with Crippen LogP contribution in [-0.4, -0.2) is 32.9 Å². The van der Waals surface area contributed by atoms with Crippen LogP contribution in [0.1, 0.15) is 30.9 Å². The molecule has 0 fully saturated rings. The molecule has 0 bridgehead atoms. The van der Waals surface area contributed by atoms with Crippen LogP contribution in [0.25, 0.3) is 11.4 Å². The Morgan fingerprint density at radius 1 is 1.07 bits per heavy atom. The van der Waals surface area contributed by atoms with Gasteiger partial charge in [-0.25, -0.2) is 0 Å². The molecule has 0 unspecified atom stereocenters. The summed E-state index contributed by atoms with van der Waals surface area (Å²) >= 11 is 1.39. The number of nitrogens with zero attached hydrogens (tertiary/aromatic N) is 4. The zero-order valence-corrected chi connectivity index (χ0v) is 17.0. The third-order valence-electron chi connectivity index (χ3n) is 4.57. The summed E-state index contributed by atoms with van der Waals surface area (Å²) in [5.41, 5.74) is 1.08. The Morgan fingerprint density at radius 2 is 1.87 bits per heavy atom. The Morgan fingerprint density at radius 3 is 2.60 bits per heavy atom. The largest absolute Gasteiger partial charge is 0.494 e. The summed E-state index contributed by atoms with van der Waals surface area (Å²) in [6.45, 7) is 2.77. The fourth-order valence-electron chi connectivity index (χ4n) is 2.96. The third-order valence-corrected chi connectivity index (χ3v) is 5.50. The summed E-state index contributed by atoms with van der Waals surface area (Å²) in [4.78, 5) is 0. The summed E-state index contributed by atoms with van der Waals surface area (Å²) in [6.07, 6.45) is -2.34. The average molecular weight is 432 g/mol. The number of benzene rings is 2. The SMILES string of the molecule is CCCCOc1ccc(-c2nnc3n2N=C(c2cccc(C(F)(F)F)c2)CS3)cc1. The lowest BCUT2D eigenvalue weighted by molar-refractivity contribution is -0.137. The van der Waals surface area contributed by atoms with Gasteiger partial charge in [-0.1, -0.05) is 37.2 Å². The molecule has 1 aliphatic rings. The standard InChI is InChI=1S/C21H19F3N4OS/c1-2-3-11-29-17-9-7-14(8-10-17)19-25-26-20-28(19)27-18(13-30-20)15-5-4-6-16(12-15)21(22,23)24/h4-10,12H,2-3,11,13H2,1H3. The number of aromatic nitrogens is 3. The minimum absolute atomic E-state index is 0.420. The molecule has 2 heterocycles. The molecule has 0 saturated heterocycles. The normalized spacial score (nSPS) is 13.7. The van der Waals surface area contributed by atoms with Gasteiger partial charge in [-0.2, -0.15) is 22.9 Å². The van der Waals surface area contributed by atoms with Crippen LogP contribution >= 0.6 is 11.8 Å². The first-order valence-electron chi connectivity index (χ1n) is 9.52. The van der Waals surface area contributed by atoms with E-state index >= 15 is 0 Å². The van der Waals surface area contributed by atoms with E-state index < -0.39 is 11.7 Å². The van der Waals surface area contributed by atoms with Crippen molar-refractivity contribution in [2.45, 2.75) is 31.1 Å². The van der Waals surface area contributed by atoms with Crippen LogP contribution in [0.4, 0.5) is 13.2 Å². The number of hydrogen-bond donors (Lipinski definition) is 0. The molecule has 0 spiro atoms. The molecular weight excluding hydrogens is 413 g/mol. The molecule has 2 aromatic carbocycles. The lowest BCUT2D eigenvalue weighted by atomic mass is 10.1. The van der Waals surface area contributed by atoms with E-state index in [1.807, 2.05) is 24.3 Å². The lowest BCUT2D eigenvalue weighted by Gasteiger charge is -2.15. The van der Waals surface area contributed by atoms with Crippen LogP contribution < -0.4 is 4.74 Å². The molecule has 0 amide bonds. The molecule has 0 aliphatic carbocycles. The number of halogens is 3. The molecular formula is C21H19F3N4OS. The quantitative estimate of drug-likeness (QED) is 0.483. The highest BCUT2D eigenvalue weighted by molar-refractivity contribution is 7.99. The van der Waals surface area contributed by atoms with Crippen molar-refractivity contribution >= 4 is 17.5 Å². The zero-order chi connectivity index (χ0) is 21.1. The van der Waals surface area contributed by atoms with Crippen molar-refractivity contribution in [3.8, 4) is 17.1 Å². The molecule has 5 nitrogen and oxygen atoms in total. The topological polar surface area (TPSA) is 52.3 Å². The second kappa shape index (κ2) is 8.51. The van der Waals surface area contributed by atoms with Crippen LogP contribution in [0.3, 0.4) is 0 Å². The van der Waals surface area contributed by atoms with E-state index in [-0.39, 0.29) is 0 Å². The van der Waals surface area contributed by atoms with Crippen LogP contribution in [0.2, 0.25) is 0 Å². The Hall–Kier alpha value is -2.81.